The van der Waals surface area contributed by atoms with Gasteiger partial charge in [0.25, 0.3) is 5.91 Å². The fourth-order valence-corrected chi connectivity index (χ4v) is 3.95. The van der Waals surface area contributed by atoms with Gasteiger partial charge in [0.1, 0.15) is 25.3 Å². The predicted octanol–water partition coefficient (Wildman–Crippen LogP) is 1.63. The highest BCUT2D eigenvalue weighted by Gasteiger charge is 2.50. The summed E-state index contributed by atoms with van der Waals surface area (Å²) in [6.45, 7) is 3.69. The van der Waals surface area contributed by atoms with E-state index in [1.54, 1.807) is 30.0 Å². The van der Waals surface area contributed by atoms with Gasteiger partial charge in [0.2, 0.25) is 5.91 Å². The lowest BCUT2D eigenvalue weighted by Gasteiger charge is -2.26. The molecule has 0 spiro atoms. The Balaban J connectivity index is 1.52. The lowest BCUT2D eigenvalue weighted by Crippen LogP contribution is -2.44. The molecule has 2 saturated heterocycles. The van der Waals surface area contributed by atoms with Crippen LogP contribution in [0, 0.1) is 0 Å². The second-order valence-electron chi connectivity index (χ2n) is 7.60. The molecule has 3 heterocycles. The smallest absolute Gasteiger partial charge is 0.325 e. The molecule has 8 heteroatoms. The standard InChI is InChI=1S/C20H25N3O5/c1-20(14-6-7-15-16(12-14)28-11-10-27-15)18(25)23(19(26)21-20)13-17(24)22-8-4-2-3-5-9-22/h6-7,12H,2-5,8-11,13H2,1H3,(H,21,26)/t20-/m1/s1. The van der Waals surface area contributed by atoms with Crippen LogP contribution in [-0.4, -0.2) is 60.5 Å². The minimum Gasteiger partial charge on any atom is -0.486 e. The summed E-state index contributed by atoms with van der Waals surface area (Å²) in [6.07, 6.45) is 4.13. The average molecular weight is 387 g/mol. The van der Waals surface area contributed by atoms with Gasteiger partial charge in [-0.05, 0) is 37.5 Å². The molecule has 1 aromatic carbocycles. The van der Waals surface area contributed by atoms with Gasteiger partial charge in [-0.15, -0.1) is 0 Å². The first-order chi connectivity index (χ1) is 13.5. The molecule has 1 atom stereocenters. The molecule has 1 aromatic rings. The molecule has 0 saturated carbocycles. The van der Waals surface area contributed by atoms with Crippen LogP contribution in [0.1, 0.15) is 38.2 Å². The van der Waals surface area contributed by atoms with Crippen LogP contribution >= 0.6 is 0 Å². The van der Waals surface area contributed by atoms with Gasteiger partial charge in [-0.25, -0.2) is 4.79 Å². The molecule has 0 aliphatic carbocycles. The molecule has 0 unspecified atom stereocenters. The Hall–Kier alpha value is -2.77. The summed E-state index contributed by atoms with van der Waals surface area (Å²) in [5.41, 5.74) is -0.647. The van der Waals surface area contributed by atoms with Crippen molar-refractivity contribution in [3.8, 4) is 11.5 Å². The monoisotopic (exact) mass is 387 g/mol. The third-order valence-electron chi connectivity index (χ3n) is 5.65. The highest BCUT2D eigenvalue weighted by Crippen LogP contribution is 2.36. The Bertz CT molecular complexity index is 803. The first-order valence-electron chi connectivity index (χ1n) is 9.81. The Morgan fingerprint density at radius 1 is 1.07 bits per heavy atom. The number of carbonyl (C=O) groups is 3. The van der Waals surface area contributed by atoms with Gasteiger partial charge in [0.15, 0.2) is 11.5 Å². The van der Waals surface area contributed by atoms with Gasteiger partial charge < -0.3 is 19.7 Å². The van der Waals surface area contributed by atoms with E-state index in [1.807, 2.05) is 0 Å². The normalized spacial score (nSPS) is 24.8. The van der Waals surface area contributed by atoms with Crippen molar-refractivity contribution in [2.45, 2.75) is 38.1 Å². The topological polar surface area (TPSA) is 88.2 Å². The van der Waals surface area contributed by atoms with Crippen LogP contribution in [-0.2, 0) is 15.1 Å². The molecule has 0 radical (unpaired) electrons. The van der Waals surface area contributed by atoms with Gasteiger partial charge in [-0.1, -0.05) is 18.9 Å². The molecule has 8 nitrogen and oxygen atoms in total. The Labute approximate surface area is 163 Å². The number of benzene rings is 1. The van der Waals surface area contributed by atoms with Crippen LogP contribution in [0.4, 0.5) is 4.79 Å². The van der Waals surface area contributed by atoms with Gasteiger partial charge in [-0.3, -0.25) is 14.5 Å². The van der Waals surface area contributed by atoms with E-state index in [2.05, 4.69) is 5.32 Å². The second-order valence-corrected chi connectivity index (χ2v) is 7.60. The fourth-order valence-electron chi connectivity index (χ4n) is 3.95. The van der Waals surface area contributed by atoms with Crippen molar-refractivity contribution < 1.29 is 23.9 Å². The summed E-state index contributed by atoms with van der Waals surface area (Å²) in [4.78, 5) is 41.0. The third-order valence-corrected chi connectivity index (χ3v) is 5.65. The van der Waals surface area contributed by atoms with Crippen LogP contribution < -0.4 is 14.8 Å². The Morgan fingerprint density at radius 3 is 2.46 bits per heavy atom. The van der Waals surface area contributed by atoms with E-state index in [-0.39, 0.29) is 12.5 Å². The van der Waals surface area contributed by atoms with Gasteiger partial charge >= 0.3 is 6.03 Å². The molecular formula is C20H25N3O5. The molecule has 1 N–H and O–H groups in total. The summed E-state index contributed by atoms with van der Waals surface area (Å²) in [6, 6.07) is 4.64. The van der Waals surface area contributed by atoms with Crippen LogP contribution in [0.2, 0.25) is 0 Å². The zero-order valence-corrected chi connectivity index (χ0v) is 16.0. The Morgan fingerprint density at radius 2 is 1.75 bits per heavy atom. The summed E-state index contributed by atoms with van der Waals surface area (Å²) in [5.74, 6) is 0.545. The molecule has 3 aliphatic rings. The maximum absolute atomic E-state index is 13.1. The number of carbonyl (C=O) groups excluding carboxylic acids is 3. The number of ether oxygens (including phenoxy) is 2. The van der Waals surface area contributed by atoms with Crippen molar-refractivity contribution in [1.82, 2.24) is 15.1 Å². The number of fused-ring (bicyclic) bond motifs is 1. The summed E-state index contributed by atoms with van der Waals surface area (Å²) < 4.78 is 11.1. The van der Waals surface area contributed by atoms with Crippen molar-refractivity contribution in [1.29, 1.82) is 0 Å². The van der Waals surface area contributed by atoms with E-state index in [4.69, 9.17) is 9.47 Å². The van der Waals surface area contributed by atoms with Crippen molar-refractivity contribution in [3.05, 3.63) is 23.8 Å². The van der Waals surface area contributed by atoms with E-state index in [0.29, 0.717) is 43.4 Å². The first-order valence-corrected chi connectivity index (χ1v) is 9.81. The number of hydrogen-bond acceptors (Lipinski definition) is 5. The molecule has 0 bridgehead atoms. The zero-order chi connectivity index (χ0) is 19.7. The number of nitrogens with one attached hydrogen (secondary N) is 1. The van der Waals surface area contributed by atoms with Crippen LogP contribution in [0.5, 0.6) is 11.5 Å². The number of nitrogens with zero attached hydrogens (tertiary/aromatic N) is 2. The number of likely N-dealkylation sites (tertiary alicyclic amines) is 1. The van der Waals surface area contributed by atoms with E-state index >= 15 is 0 Å². The molecule has 4 rings (SSSR count). The van der Waals surface area contributed by atoms with Gasteiger partial charge in [-0.2, -0.15) is 0 Å². The number of hydrogen-bond donors (Lipinski definition) is 1. The van der Waals surface area contributed by atoms with Crippen molar-refractivity contribution in [2.75, 3.05) is 32.8 Å². The van der Waals surface area contributed by atoms with Crippen LogP contribution in [0.3, 0.4) is 0 Å². The second kappa shape index (κ2) is 7.33. The lowest BCUT2D eigenvalue weighted by atomic mass is 9.91. The van der Waals surface area contributed by atoms with E-state index in [1.165, 1.54) is 0 Å². The molecular weight excluding hydrogens is 362 g/mol. The number of urea groups is 1. The molecule has 0 aromatic heterocycles. The molecule has 150 valence electrons. The number of amides is 4. The predicted molar refractivity (Wildman–Crippen MR) is 100 cm³/mol. The number of rotatable bonds is 3. The summed E-state index contributed by atoms with van der Waals surface area (Å²) in [7, 11) is 0. The maximum atomic E-state index is 13.1. The molecule has 28 heavy (non-hydrogen) atoms. The highest BCUT2D eigenvalue weighted by atomic mass is 16.6. The van der Waals surface area contributed by atoms with E-state index in [0.717, 1.165) is 30.6 Å². The summed E-state index contributed by atoms with van der Waals surface area (Å²) >= 11 is 0. The fraction of sp³-hybridized carbons (Fsp3) is 0.550. The third kappa shape index (κ3) is 3.27. The number of imide groups is 1. The van der Waals surface area contributed by atoms with Crippen molar-refractivity contribution >= 4 is 17.8 Å². The largest absolute Gasteiger partial charge is 0.486 e. The molecule has 3 aliphatic heterocycles. The Kier molecular flexibility index (Phi) is 4.87. The average Bonchev–Trinajstić information content (AvgIpc) is 2.91. The maximum Gasteiger partial charge on any atom is 0.325 e. The van der Waals surface area contributed by atoms with Crippen molar-refractivity contribution in [3.63, 3.8) is 0 Å². The first kappa shape index (κ1) is 18.6. The van der Waals surface area contributed by atoms with Crippen LogP contribution in [0.25, 0.3) is 0 Å². The SMILES string of the molecule is C[C@]1(c2ccc3c(c2)OCCO3)NC(=O)N(CC(=O)N2CCCCCC2)C1=O. The quantitative estimate of drug-likeness (QED) is 0.797. The minimum absolute atomic E-state index is 0.183. The van der Waals surface area contributed by atoms with Crippen LogP contribution in [0.15, 0.2) is 18.2 Å². The van der Waals surface area contributed by atoms with Gasteiger partial charge in [0.05, 0.1) is 0 Å². The van der Waals surface area contributed by atoms with E-state index in [9.17, 15) is 14.4 Å². The van der Waals surface area contributed by atoms with Crippen molar-refractivity contribution in [2.24, 2.45) is 0 Å². The van der Waals surface area contributed by atoms with E-state index < -0.39 is 17.5 Å². The lowest BCUT2D eigenvalue weighted by molar-refractivity contribution is -0.138. The zero-order valence-electron chi connectivity index (χ0n) is 16.0. The minimum atomic E-state index is -1.24. The van der Waals surface area contributed by atoms with Gasteiger partial charge in [0, 0.05) is 13.1 Å². The molecule has 2 fully saturated rings. The molecule has 4 amide bonds. The highest BCUT2D eigenvalue weighted by molar-refractivity contribution is 6.09. The summed E-state index contributed by atoms with van der Waals surface area (Å²) in [5, 5.41) is 2.74.